The second-order valence-electron chi connectivity index (χ2n) is 7.02. The zero-order chi connectivity index (χ0) is 25.1. The number of nitrogens with zero attached hydrogens (tertiary/aromatic N) is 1. The van der Waals surface area contributed by atoms with Crippen molar-refractivity contribution in [3.05, 3.63) is 70.6 Å². The zero-order valence-electron chi connectivity index (χ0n) is 17.5. The number of sulfonamides is 1. The van der Waals surface area contributed by atoms with Crippen LogP contribution >= 0.6 is 22.9 Å². The van der Waals surface area contributed by atoms with Gasteiger partial charge in [-0.2, -0.15) is 13.2 Å². The summed E-state index contributed by atoms with van der Waals surface area (Å²) in [5.41, 5.74) is -0.733. The number of rotatable bonds is 7. The van der Waals surface area contributed by atoms with Gasteiger partial charge in [0.05, 0.1) is 21.3 Å². The summed E-state index contributed by atoms with van der Waals surface area (Å²) in [7, 11) is -4.06. The molecule has 0 aliphatic heterocycles. The van der Waals surface area contributed by atoms with E-state index in [2.05, 4.69) is 4.99 Å². The Balaban J connectivity index is 2.02. The Morgan fingerprint density at radius 3 is 2.47 bits per heavy atom. The first-order chi connectivity index (χ1) is 15.9. The standard InChI is InChI=1S/C22H17ClF3N3O3S2/c1-13(30)29-34(31,32)15-6-4-5-14(11-15)19-9-10-20(33-19)18(12-21(27)22(24,25)26)28-17-8-3-2-7-16(17)23/h2-11,27H,12H2,1H3,(H,29,30). The normalized spacial score (nSPS) is 12.4. The molecular formula is C22H17ClF3N3O3S2. The molecule has 3 aromatic rings. The molecule has 1 heterocycles. The van der Waals surface area contributed by atoms with Crippen molar-refractivity contribution in [1.82, 2.24) is 4.72 Å². The molecule has 0 saturated carbocycles. The van der Waals surface area contributed by atoms with E-state index in [1.54, 1.807) is 42.5 Å². The van der Waals surface area contributed by atoms with Gasteiger partial charge in [0.15, 0.2) is 0 Å². The Hall–Kier alpha value is -3.02. The fourth-order valence-corrected chi connectivity index (χ4v) is 5.05. The summed E-state index contributed by atoms with van der Waals surface area (Å²) in [5.74, 6) is -0.739. The number of aliphatic imine (C=N–C) groups is 1. The number of carbonyl (C=O) groups excluding carboxylic acids is 1. The molecule has 178 valence electrons. The van der Waals surface area contributed by atoms with Crippen molar-refractivity contribution in [2.75, 3.05) is 0 Å². The van der Waals surface area contributed by atoms with Crippen molar-refractivity contribution in [3.8, 4) is 10.4 Å². The minimum atomic E-state index is -4.81. The van der Waals surface area contributed by atoms with E-state index in [0.29, 0.717) is 15.3 Å². The number of benzene rings is 2. The van der Waals surface area contributed by atoms with Gasteiger partial charge >= 0.3 is 6.18 Å². The zero-order valence-corrected chi connectivity index (χ0v) is 19.9. The first-order valence-corrected chi connectivity index (χ1v) is 12.3. The molecule has 0 aliphatic rings. The summed E-state index contributed by atoms with van der Waals surface area (Å²) in [5, 5.41) is 7.67. The summed E-state index contributed by atoms with van der Waals surface area (Å²) in [6.45, 7) is 1.07. The number of thiophene rings is 1. The van der Waals surface area contributed by atoms with Crippen LogP contribution in [0.25, 0.3) is 10.4 Å². The lowest BCUT2D eigenvalue weighted by Gasteiger charge is -2.10. The maximum Gasteiger partial charge on any atom is 0.429 e. The van der Waals surface area contributed by atoms with Crippen LogP contribution in [0.5, 0.6) is 0 Å². The highest BCUT2D eigenvalue weighted by atomic mass is 35.5. The molecule has 0 aliphatic carbocycles. The molecule has 0 radical (unpaired) electrons. The van der Waals surface area contributed by atoms with E-state index in [9.17, 15) is 26.4 Å². The summed E-state index contributed by atoms with van der Waals surface area (Å²) < 4.78 is 65.7. The summed E-state index contributed by atoms with van der Waals surface area (Å²) in [6.07, 6.45) is -5.58. The number of nitrogens with one attached hydrogen (secondary N) is 2. The predicted molar refractivity (Wildman–Crippen MR) is 127 cm³/mol. The number of halogens is 4. The van der Waals surface area contributed by atoms with E-state index in [0.717, 1.165) is 18.3 Å². The van der Waals surface area contributed by atoms with E-state index in [1.807, 2.05) is 4.72 Å². The maximum absolute atomic E-state index is 13.1. The van der Waals surface area contributed by atoms with Crippen LogP contribution < -0.4 is 4.72 Å². The molecule has 0 saturated heterocycles. The van der Waals surface area contributed by atoms with Crippen LogP contribution in [0.4, 0.5) is 18.9 Å². The second kappa shape index (κ2) is 10.1. The van der Waals surface area contributed by atoms with Gasteiger partial charge in [0.25, 0.3) is 10.0 Å². The third-order valence-electron chi connectivity index (χ3n) is 4.39. The lowest BCUT2D eigenvalue weighted by Crippen LogP contribution is -2.28. The second-order valence-corrected chi connectivity index (χ2v) is 10.2. The first kappa shape index (κ1) is 25.6. The van der Waals surface area contributed by atoms with E-state index in [4.69, 9.17) is 17.0 Å². The van der Waals surface area contributed by atoms with Gasteiger partial charge in [-0.3, -0.25) is 9.79 Å². The highest BCUT2D eigenvalue weighted by Gasteiger charge is 2.35. The minimum absolute atomic E-state index is 0.00584. The van der Waals surface area contributed by atoms with E-state index in [1.165, 1.54) is 18.2 Å². The molecule has 12 heteroatoms. The Morgan fingerprint density at radius 2 is 1.82 bits per heavy atom. The quantitative estimate of drug-likeness (QED) is 0.369. The Kier molecular flexibility index (Phi) is 7.59. The fourth-order valence-electron chi connectivity index (χ4n) is 2.85. The number of hydrogen-bond acceptors (Lipinski definition) is 6. The third-order valence-corrected chi connectivity index (χ3v) is 7.33. The van der Waals surface area contributed by atoms with Crippen molar-refractivity contribution in [3.63, 3.8) is 0 Å². The van der Waals surface area contributed by atoms with Crippen molar-refractivity contribution in [2.45, 2.75) is 24.4 Å². The van der Waals surface area contributed by atoms with Crippen molar-refractivity contribution in [2.24, 2.45) is 4.99 Å². The van der Waals surface area contributed by atoms with E-state index < -0.39 is 34.2 Å². The number of para-hydroxylation sites is 1. The highest BCUT2D eigenvalue weighted by molar-refractivity contribution is 7.90. The average molecular weight is 528 g/mol. The van der Waals surface area contributed by atoms with E-state index in [-0.39, 0.29) is 21.3 Å². The lowest BCUT2D eigenvalue weighted by molar-refractivity contribution is -0.117. The Bertz CT molecular complexity index is 1380. The van der Waals surface area contributed by atoms with Gasteiger partial charge in [0.1, 0.15) is 5.71 Å². The molecular weight excluding hydrogens is 511 g/mol. The lowest BCUT2D eigenvalue weighted by atomic mass is 10.1. The summed E-state index contributed by atoms with van der Waals surface area (Å²) in [4.78, 5) is 16.3. The number of alkyl halides is 3. The van der Waals surface area contributed by atoms with E-state index >= 15 is 0 Å². The molecule has 6 nitrogen and oxygen atoms in total. The van der Waals surface area contributed by atoms with Crippen molar-refractivity contribution in [1.29, 1.82) is 5.41 Å². The third kappa shape index (κ3) is 6.31. The Morgan fingerprint density at radius 1 is 1.12 bits per heavy atom. The smallest absolute Gasteiger partial charge is 0.300 e. The fraction of sp³-hybridized carbons (Fsp3) is 0.136. The van der Waals surface area contributed by atoms with Crippen LogP contribution in [0.3, 0.4) is 0 Å². The van der Waals surface area contributed by atoms with Gasteiger partial charge in [-0.1, -0.05) is 35.9 Å². The number of amides is 1. The molecule has 3 rings (SSSR count). The molecule has 0 unspecified atom stereocenters. The van der Waals surface area contributed by atoms with Gasteiger partial charge < -0.3 is 5.41 Å². The van der Waals surface area contributed by atoms with Gasteiger partial charge in [-0.25, -0.2) is 13.1 Å². The molecule has 2 N–H and O–H groups in total. The van der Waals surface area contributed by atoms with Gasteiger partial charge in [0, 0.05) is 23.1 Å². The van der Waals surface area contributed by atoms with Crippen LogP contribution in [0, 0.1) is 5.41 Å². The molecule has 0 bridgehead atoms. The molecule has 34 heavy (non-hydrogen) atoms. The molecule has 0 spiro atoms. The molecule has 1 aromatic heterocycles. The molecule has 0 fully saturated rings. The summed E-state index contributed by atoms with van der Waals surface area (Å²) >= 11 is 7.20. The SMILES string of the molecule is CC(=O)NS(=O)(=O)c1cccc(-c2ccc(C(CC(=N)C(F)(F)F)=Nc3ccccc3Cl)s2)c1. The van der Waals surface area contributed by atoms with Crippen LogP contribution in [-0.2, 0) is 14.8 Å². The summed E-state index contributed by atoms with van der Waals surface area (Å²) in [6, 6.07) is 15.3. The van der Waals surface area contributed by atoms with Crippen molar-refractivity contribution >= 4 is 56.0 Å². The average Bonchev–Trinajstić information content (AvgIpc) is 3.23. The van der Waals surface area contributed by atoms with Crippen LogP contribution in [0.2, 0.25) is 5.02 Å². The van der Waals surface area contributed by atoms with Crippen molar-refractivity contribution < 1.29 is 26.4 Å². The first-order valence-electron chi connectivity index (χ1n) is 9.57. The molecule has 0 atom stereocenters. The highest BCUT2D eigenvalue weighted by Crippen LogP contribution is 2.33. The van der Waals surface area contributed by atoms with Gasteiger partial charge in [-0.15, -0.1) is 11.3 Å². The minimum Gasteiger partial charge on any atom is -0.300 e. The monoisotopic (exact) mass is 527 g/mol. The molecule has 1 amide bonds. The molecule has 2 aromatic carbocycles. The predicted octanol–water partition coefficient (Wildman–Crippen LogP) is 5.99. The Labute approximate surface area is 202 Å². The van der Waals surface area contributed by atoms with Crippen LogP contribution in [0.15, 0.2) is 70.6 Å². The van der Waals surface area contributed by atoms with Gasteiger partial charge in [-0.05, 0) is 42.0 Å². The maximum atomic E-state index is 13.1. The van der Waals surface area contributed by atoms with Crippen LogP contribution in [-0.4, -0.2) is 31.9 Å². The topological polar surface area (TPSA) is 99.5 Å². The largest absolute Gasteiger partial charge is 0.429 e. The number of hydrogen-bond donors (Lipinski definition) is 2. The van der Waals surface area contributed by atoms with Crippen LogP contribution in [0.1, 0.15) is 18.2 Å². The van der Waals surface area contributed by atoms with Gasteiger partial charge in [0.2, 0.25) is 5.91 Å². The number of carbonyl (C=O) groups is 1.